The summed E-state index contributed by atoms with van der Waals surface area (Å²) in [6.07, 6.45) is 5.07. The lowest BCUT2D eigenvalue weighted by atomic mass is 9.92. The number of piperidine rings is 1. The topological polar surface area (TPSA) is 98.0 Å². The molecule has 0 saturated carbocycles. The molecule has 1 aromatic carbocycles. The lowest BCUT2D eigenvalue weighted by molar-refractivity contribution is -0.131. The van der Waals surface area contributed by atoms with Crippen LogP contribution in [-0.4, -0.2) is 71.2 Å². The minimum Gasteiger partial charge on any atom is -0.474 e. The maximum atomic E-state index is 14.9. The summed E-state index contributed by atoms with van der Waals surface area (Å²) in [7, 11) is 0. The minimum absolute atomic E-state index is 0.0548. The van der Waals surface area contributed by atoms with Crippen molar-refractivity contribution >= 4 is 12.0 Å². The Morgan fingerprint density at radius 3 is 2.32 bits per heavy atom. The van der Waals surface area contributed by atoms with Crippen molar-refractivity contribution in [3.63, 3.8) is 0 Å². The van der Waals surface area contributed by atoms with Gasteiger partial charge in [-0.1, -0.05) is 12.1 Å². The third-order valence-corrected chi connectivity index (χ3v) is 7.40. The molecule has 8 nitrogen and oxygen atoms in total. The van der Waals surface area contributed by atoms with Crippen molar-refractivity contribution in [1.29, 1.82) is 0 Å². The highest BCUT2D eigenvalue weighted by Gasteiger charge is 2.29. The van der Waals surface area contributed by atoms with Gasteiger partial charge < -0.3 is 25.0 Å². The van der Waals surface area contributed by atoms with Crippen molar-refractivity contribution in [3.05, 3.63) is 47.9 Å². The first kappa shape index (κ1) is 27.8. The van der Waals surface area contributed by atoms with Crippen LogP contribution in [0.2, 0.25) is 0 Å². The first-order valence-corrected chi connectivity index (χ1v) is 13.6. The van der Waals surface area contributed by atoms with Gasteiger partial charge in [0.2, 0.25) is 11.8 Å². The van der Waals surface area contributed by atoms with Gasteiger partial charge in [0.1, 0.15) is 11.9 Å². The largest absolute Gasteiger partial charge is 0.474 e. The van der Waals surface area contributed by atoms with Gasteiger partial charge in [-0.3, -0.25) is 4.79 Å². The van der Waals surface area contributed by atoms with Crippen LogP contribution in [0.15, 0.2) is 36.5 Å². The lowest BCUT2D eigenvalue weighted by Gasteiger charge is -2.34. The molecule has 1 aromatic heterocycles. The van der Waals surface area contributed by atoms with E-state index in [1.54, 1.807) is 28.1 Å². The van der Waals surface area contributed by atoms with E-state index in [9.17, 15) is 14.0 Å². The zero-order valence-corrected chi connectivity index (χ0v) is 22.6. The SMILES string of the molecule is CC(C)OC(=O)N1CCC([C@H](C)Oc2ccc(-c3ccc(C[C@H](N)C(=O)N4CCCC4)c(F)c3)cn2)CC1. The Morgan fingerprint density at radius 1 is 1.03 bits per heavy atom. The third-order valence-electron chi connectivity index (χ3n) is 7.40. The van der Waals surface area contributed by atoms with Gasteiger partial charge in [-0.2, -0.15) is 0 Å². The molecule has 2 aromatic rings. The van der Waals surface area contributed by atoms with E-state index in [-0.39, 0.29) is 36.4 Å². The molecular formula is C29H39FN4O4. The number of rotatable bonds is 8. The molecule has 38 heavy (non-hydrogen) atoms. The van der Waals surface area contributed by atoms with Gasteiger partial charge in [-0.15, -0.1) is 0 Å². The van der Waals surface area contributed by atoms with E-state index < -0.39 is 6.04 Å². The summed E-state index contributed by atoms with van der Waals surface area (Å²) in [5, 5.41) is 0. The molecule has 2 N–H and O–H groups in total. The monoisotopic (exact) mass is 526 g/mol. The van der Waals surface area contributed by atoms with Crippen LogP contribution in [0.4, 0.5) is 9.18 Å². The number of carbonyl (C=O) groups excluding carboxylic acids is 2. The number of hydrogen-bond acceptors (Lipinski definition) is 6. The summed E-state index contributed by atoms with van der Waals surface area (Å²) < 4.78 is 26.3. The number of nitrogens with zero attached hydrogens (tertiary/aromatic N) is 3. The zero-order chi connectivity index (χ0) is 27.2. The number of nitrogens with two attached hydrogens (primary N) is 1. The highest BCUT2D eigenvalue weighted by molar-refractivity contribution is 5.82. The molecule has 0 bridgehead atoms. The van der Waals surface area contributed by atoms with Crippen LogP contribution in [0.1, 0.15) is 52.0 Å². The molecule has 2 amide bonds. The number of halogens is 1. The fourth-order valence-electron chi connectivity index (χ4n) is 5.12. The number of hydrogen-bond donors (Lipinski definition) is 1. The van der Waals surface area contributed by atoms with Crippen molar-refractivity contribution in [2.45, 2.75) is 71.1 Å². The van der Waals surface area contributed by atoms with Crippen LogP contribution in [0, 0.1) is 11.7 Å². The second-order valence-electron chi connectivity index (χ2n) is 10.6. The minimum atomic E-state index is -0.741. The van der Waals surface area contributed by atoms with Crippen LogP contribution in [0.25, 0.3) is 11.1 Å². The van der Waals surface area contributed by atoms with Gasteiger partial charge >= 0.3 is 6.09 Å². The van der Waals surface area contributed by atoms with Gasteiger partial charge in [0.25, 0.3) is 0 Å². The Bertz CT molecular complexity index is 1100. The molecule has 0 unspecified atom stereocenters. The lowest BCUT2D eigenvalue weighted by Crippen LogP contribution is -2.43. The van der Waals surface area contributed by atoms with Gasteiger partial charge in [-0.25, -0.2) is 14.2 Å². The van der Waals surface area contributed by atoms with E-state index in [1.807, 2.05) is 32.9 Å². The van der Waals surface area contributed by atoms with E-state index in [0.717, 1.165) is 44.3 Å². The van der Waals surface area contributed by atoms with Crippen LogP contribution >= 0.6 is 0 Å². The number of amides is 2. The molecule has 2 atom stereocenters. The van der Waals surface area contributed by atoms with Crippen LogP contribution in [-0.2, 0) is 16.0 Å². The second kappa shape index (κ2) is 12.6. The van der Waals surface area contributed by atoms with Crippen LogP contribution in [0.5, 0.6) is 5.88 Å². The normalized spacial score (nSPS) is 17.9. The number of carbonyl (C=O) groups is 2. The number of aromatic nitrogens is 1. The molecule has 0 aliphatic carbocycles. The summed E-state index contributed by atoms with van der Waals surface area (Å²) in [5.74, 6) is 0.320. The van der Waals surface area contributed by atoms with Crippen LogP contribution < -0.4 is 10.5 Å². The maximum absolute atomic E-state index is 14.9. The summed E-state index contributed by atoms with van der Waals surface area (Å²) >= 11 is 0. The molecule has 3 heterocycles. The standard InChI is InChI=1S/C29H39FN4O4/c1-19(2)37-29(36)34-14-10-21(11-15-34)20(3)38-27-9-8-24(18-32-27)22-6-7-23(25(30)16-22)17-26(31)28(35)33-12-4-5-13-33/h6-9,16,18-21,26H,4-5,10-15,17,31H2,1-3H3/t20-,26-/m0/s1. The summed E-state index contributed by atoms with van der Waals surface area (Å²) in [5.41, 5.74) is 7.98. The van der Waals surface area contributed by atoms with Gasteiger partial charge in [0, 0.05) is 44.0 Å². The van der Waals surface area contributed by atoms with Crippen LogP contribution in [0.3, 0.4) is 0 Å². The Balaban J connectivity index is 1.29. The molecule has 9 heteroatoms. The molecule has 4 rings (SSSR count). The smallest absolute Gasteiger partial charge is 0.410 e. The molecule has 0 spiro atoms. The zero-order valence-electron chi connectivity index (χ0n) is 22.6. The summed E-state index contributed by atoms with van der Waals surface area (Å²) in [6.45, 7) is 8.47. The average molecular weight is 527 g/mol. The second-order valence-corrected chi connectivity index (χ2v) is 10.6. The predicted octanol–water partition coefficient (Wildman–Crippen LogP) is 4.40. The molecule has 2 aliphatic heterocycles. The van der Waals surface area contributed by atoms with E-state index in [0.29, 0.717) is 36.0 Å². The maximum Gasteiger partial charge on any atom is 0.410 e. The highest BCUT2D eigenvalue weighted by atomic mass is 19.1. The van der Waals surface area contributed by atoms with Crippen molar-refractivity contribution in [2.24, 2.45) is 11.7 Å². The molecule has 0 radical (unpaired) electrons. The number of pyridine rings is 1. The van der Waals surface area contributed by atoms with Gasteiger partial charge in [0.15, 0.2) is 0 Å². The first-order chi connectivity index (χ1) is 18.2. The molecule has 206 valence electrons. The quantitative estimate of drug-likeness (QED) is 0.547. The number of likely N-dealkylation sites (tertiary alicyclic amines) is 2. The number of ether oxygens (including phenoxy) is 2. The number of benzene rings is 1. The van der Waals surface area contributed by atoms with E-state index in [4.69, 9.17) is 15.2 Å². The fraction of sp³-hybridized carbons (Fsp3) is 0.552. The fourth-order valence-corrected chi connectivity index (χ4v) is 5.12. The Kier molecular flexibility index (Phi) is 9.20. The average Bonchev–Trinajstić information content (AvgIpc) is 3.44. The van der Waals surface area contributed by atoms with E-state index >= 15 is 0 Å². The highest BCUT2D eigenvalue weighted by Crippen LogP contribution is 2.27. The first-order valence-electron chi connectivity index (χ1n) is 13.6. The Labute approximate surface area is 224 Å². The van der Waals surface area contributed by atoms with E-state index in [2.05, 4.69) is 4.98 Å². The Morgan fingerprint density at radius 2 is 1.71 bits per heavy atom. The van der Waals surface area contributed by atoms with Crippen molar-refractivity contribution < 1.29 is 23.5 Å². The van der Waals surface area contributed by atoms with Gasteiger partial charge in [0.05, 0.1) is 12.1 Å². The van der Waals surface area contributed by atoms with E-state index in [1.165, 1.54) is 6.07 Å². The molecule has 2 saturated heterocycles. The molecule has 2 aliphatic rings. The molecule has 2 fully saturated rings. The summed E-state index contributed by atoms with van der Waals surface area (Å²) in [6, 6.07) is 7.88. The van der Waals surface area contributed by atoms with Gasteiger partial charge in [-0.05, 0) is 82.1 Å². The Hall–Kier alpha value is -3.20. The van der Waals surface area contributed by atoms with Crippen molar-refractivity contribution in [2.75, 3.05) is 26.2 Å². The van der Waals surface area contributed by atoms with Crippen molar-refractivity contribution in [1.82, 2.24) is 14.8 Å². The molecular weight excluding hydrogens is 487 g/mol. The summed E-state index contributed by atoms with van der Waals surface area (Å²) in [4.78, 5) is 32.5. The predicted molar refractivity (Wildman–Crippen MR) is 143 cm³/mol. The van der Waals surface area contributed by atoms with Crippen molar-refractivity contribution in [3.8, 4) is 17.0 Å². The third kappa shape index (κ3) is 7.01.